The Bertz CT molecular complexity index is 465. The second-order valence-corrected chi connectivity index (χ2v) is 5.10. The summed E-state index contributed by atoms with van der Waals surface area (Å²) in [6.07, 6.45) is 0. The maximum atomic E-state index is 5.92. The third-order valence-electron chi connectivity index (χ3n) is 2.50. The Morgan fingerprint density at radius 3 is 2.89 bits per heavy atom. The molecule has 18 heavy (non-hydrogen) atoms. The molecule has 1 heterocycles. The lowest BCUT2D eigenvalue weighted by Gasteiger charge is -2.28. The van der Waals surface area contributed by atoms with Crippen molar-refractivity contribution in [2.24, 2.45) is 4.99 Å². The first-order valence-corrected chi connectivity index (χ1v) is 6.42. The van der Waals surface area contributed by atoms with E-state index in [0.29, 0.717) is 22.4 Å². The van der Waals surface area contributed by atoms with E-state index in [1.165, 1.54) is 0 Å². The van der Waals surface area contributed by atoms with Crippen LogP contribution in [0.4, 0.5) is 0 Å². The third kappa shape index (κ3) is 3.51. The number of hydrazine groups is 1. The minimum Gasteiger partial charge on any atom is -0.486 e. The van der Waals surface area contributed by atoms with Gasteiger partial charge in [-0.25, -0.2) is 5.01 Å². The lowest BCUT2D eigenvalue weighted by atomic mass is 10.3. The highest BCUT2D eigenvalue weighted by molar-refractivity contribution is 6.42. The molecular weight excluding hydrogens is 273 g/mol. The topological polar surface area (TPSA) is 36.9 Å². The molecular formula is C12H15Cl2N3O. The van der Waals surface area contributed by atoms with Crippen molar-refractivity contribution in [3.63, 3.8) is 0 Å². The summed E-state index contributed by atoms with van der Waals surface area (Å²) < 4.78 is 5.61. The Balaban J connectivity index is 1.97. The second-order valence-electron chi connectivity index (χ2n) is 4.28. The Kier molecular flexibility index (Phi) is 4.32. The number of hydrogen-bond acceptors (Lipinski definition) is 4. The minimum atomic E-state index is 0.267. The summed E-state index contributed by atoms with van der Waals surface area (Å²) in [7, 11) is 1.98. The quantitative estimate of drug-likeness (QED) is 0.929. The highest BCUT2D eigenvalue weighted by Gasteiger charge is 2.14. The fraction of sp³-hybridized carbons (Fsp3) is 0.417. The number of benzene rings is 1. The van der Waals surface area contributed by atoms with E-state index in [9.17, 15) is 0 Å². The van der Waals surface area contributed by atoms with Crippen molar-refractivity contribution in [1.82, 2.24) is 10.4 Å². The van der Waals surface area contributed by atoms with Gasteiger partial charge in [-0.15, -0.1) is 0 Å². The van der Waals surface area contributed by atoms with Crippen LogP contribution in [0, 0.1) is 0 Å². The molecule has 2 rings (SSSR count). The zero-order valence-corrected chi connectivity index (χ0v) is 11.8. The van der Waals surface area contributed by atoms with Gasteiger partial charge in [-0.1, -0.05) is 23.2 Å². The number of amidine groups is 1. The number of nitrogens with one attached hydrogen (secondary N) is 1. The van der Waals surface area contributed by atoms with E-state index in [0.717, 1.165) is 12.4 Å². The van der Waals surface area contributed by atoms with Crippen LogP contribution in [-0.2, 0) is 0 Å². The van der Waals surface area contributed by atoms with E-state index in [1.54, 1.807) is 18.2 Å². The molecule has 0 amide bonds. The normalized spacial score (nSPS) is 20.2. The summed E-state index contributed by atoms with van der Waals surface area (Å²) in [5.41, 5.74) is 3.14. The summed E-state index contributed by atoms with van der Waals surface area (Å²) in [6.45, 7) is 3.33. The summed E-state index contributed by atoms with van der Waals surface area (Å²) in [4.78, 5) is 4.47. The number of nitrogens with zero attached hydrogens (tertiary/aromatic N) is 2. The molecule has 4 nitrogen and oxygen atoms in total. The summed E-state index contributed by atoms with van der Waals surface area (Å²) in [5, 5.41) is 2.99. The van der Waals surface area contributed by atoms with Gasteiger partial charge in [-0.05, 0) is 19.1 Å². The largest absolute Gasteiger partial charge is 0.486 e. The van der Waals surface area contributed by atoms with Crippen molar-refractivity contribution >= 4 is 29.0 Å². The molecule has 0 radical (unpaired) electrons. The molecule has 0 spiro atoms. The van der Waals surface area contributed by atoms with Gasteiger partial charge in [0.25, 0.3) is 0 Å². The molecule has 1 N–H and O–H groups in total. The van der Waals surface area contributed by atoms with Crippen LogP contribution in [0.3, 0.4) is 0 Å². The van der Waals surface area contributed by atoms with Crippen molar-refractivity contribution in [2.75, 3.05) is 20.2 Å². The standard InChI is InChI=1S/C12H15Cl2N3O/c1-8-6-17(2)16-12(15-8)7-18-9-3-4-10(13)11(14)5-9/h3-5,8H,6-7H2,1-2H3,(H,15,16). The van der Waals surface area contributed by atoms with Gasteiger partial charge in [0.1, 0.15) is 18.2 Å². The van der Waals surface area contributed by atoms with Crippen molar-refractivity contribution in [3.05, 3.63) is 28.2 Å². The van der Waals surface area contributed by atoms with E-state index in [2.05, 4.69) is 17.3 Å². The molecule has 0 fully saturated rings. The van der Waals surface area contributed by atoms with Gasteiger partial charge in [0.2, 0.25) is 0 Å². The van der Waals surface area contributed by atoms with E-state index >= 15 is 0 Å². The molecule has 1 aliphatic heterocycles. The Labute approximate surface area is 117 Å². The van der Waals surface area contributed by atoms with E-state index < -0.39 is 0 Å². The average Bonchev–Trinajstić information content (AvgIpc) is 2.29. The first-order chi connectivity index (χ1) is 8.54. The molecule has 98 valence electrons. The number of likely N-dealkylation sites (N-methyl/N-ethyl adjacent to an activating group) is 1. The van der Waals surface area contributed by atoms with Crippen LogP contribution in [0.25, 0.3) is 0 Å². The fourth-order valence-corrected chi connectivity index (χ4v) is 2.07. The van der Waals surface area contributed by atoms with Gasteiger partial charge >= 0.3 is 0 Å². The van der Waals surface area contributed by atoms with Gasteiger partial charge in [-0.2, -0.15) is 0 Å². The minimum absolute atomic E-state index is 0.267. The summed E-state index contributed by atoms with van der Waals surface area (Å²) >= 11 is 11.8. The molecule has 0 saturated heterocycles. The molecule has 0 aromatic heterocycles. The molecule has 0 aliphatic carbocycles. The highest BCUT2D eigenvalue weighted by Crippen LogP contribution is 2.26. The van der Waals surface area contributed by atoms with Crippen LogP contribution in [-0.4, -0.2) is 37.1 Å². The van der Waals surface area contributed by atoms with E-state index in [-0.39, 0.29) is 6.04 Å². The van der Waals surface area contributed by atoms with Crippen molar-refractivity contribution < 1.29 is 4.74 Å². The lowest BCUT2D eigenvalue weighted by Crippen LogP contribution is -2.49. The molecule has 1 atom stereocenters. The third-order valence-corrected chi connectivity index (χ3v) is 3.24. The number of rotatable bonds is 3. The van der Waals surface area contributed by atoms with Gasteiger partial charge in [0.15, 0.2) is 0 Å². The first-order valence-electron chi connectivity index (χ1n) is 5.67. The maximum Gasteiger partial charge on any atom is 0.150 e. The zero-order chi connectivity index (χ0) is 13.1. The van der Waals surface area contributed by atoms with Gasteiger partial charge in [-0.3, -0.25) is 4.99 Å². The smallest absolute Gasteiger partial charge is 0.150 e. The number of aliphatic imine (C=N–C) groups is 1. The first kappa shape index (κ1) is 13.5. The van der Waals surface area contributed by atoms with Crippen LogP contribution in [0.5, 0.6) is 5.75 Å². The van der Waals surface area contributed by atoms with E-state index in [1.807, 2.05) is 12.1 Å². The summed E-state index contributed by atoms with van der Waals surface area (Å²) in [5.74, 6) is 1.48. The number of halogens is 2. The Morgan fingerprint density at radius 2 is 2.22 bits per heavy atom. The molecule has 0 bridgehead atoms. The van der Waals surface area contributed by atoms with Crippen molar-refractivity contribution in [3.8, 4) is 5.75 Å². The molecule has 1 aromatic rings. The fourth-order valence-electron chi connectivity index (χ4n) is 1.79. The molecule has 6 heteroatoms. The van der Waals surface area contributed by atoms with Crippen LogP contribution >= 0.6 is 23.2 Å². The van der Waals surface area contributed by atoms with Crippen molar-refractivity contribution in [1.29, 1.82) is 0 Å². The maximum absolute atomic E-state index is 5.92. The Hall–Kier alpha value is -0.970. The second kappa shape index (κ2) is 5.78. The average molecular weight is 288 g/mol. The molecule has 1 aliphatic rings. The number of hydrogen-bond donors (Lipinski definition) is 1. The van der Waals surface area contributed by atoms with Crippen LogP contribution in [0.15, 0.2) is 23.2 Å². The highest BCUT2D eigenvalue weighted by atomic mass is 35.5. The summed E-state index contributed by atoms with van der Waals surface area (Å²) in [6, 6.07) is 5.46. The van der Waals surface area contributed by atoms with Crippen LogP contribution in [0.2, 0.25) is 10.0 Å². The number of ether oxygens (including phenoxy) is 1. The SMILES string of the molecule is CC1CN(C)NC(COc2ccc(Cl)c(Cl)c2)=N1. The molecule has 1 aromatic carbocycles. The van der Waals surface area contributed by atoms with Gasteiger partial charge in [0, 0.05) is 19.7 Å². The Morgan fingerprint density at radius 1 is 1.44 bits per heavy atom. The van der Waals surface area contributed by atoms with Crippen molar-refractivity contribution in [2.45, 2.75) is 13.0 Å². The predicted molar refractivity (Wildman–Crippen MR) is 74.6 cm³/mol. The van der Waals surface area contributed by atoms with Crippen LogP contribution in [0.1, 0.15) is 6.92 Å². The molecule has 0 saturated carbocycles. The zero-order valence-electron chi connectivity index (χ0n) is 10.3. The van der Waals surface area contributed by atoms with Gasteiger partial charge < -0.3 is 10.2 Å². The van der Waals surface area contributed by atoms with E-state index in [4.69, 9.17) is 27.9 Å². The van der Waals surface area contributed by atoms with Gasteiger partial charge in [0.05, 0.1) is 16.1 Å². The lowest BCUT2D eigenvalue weighted by molar-refractivity contribution is 0.247. The van der Waals surface area contributed by atoms with Crippen LogP contribution < -0.4 is 10.2 Å². The molecule has 1 unspecified atom stereocenters. The predicted octanol–water partition coefficient (Wildman–Crippen LogP) is 2.61. The monoisotopic (exact) mass is 287 g/mol.